The number of hydrogen-bond acceptors (Lipinski definition) is 4. The number of carbonyl (C=O) groups excluding carboxylic acids is 2. The fourth-order valence-electron chi connectivity index (χ4n) is 3.79. The molecule has 1 atom stereocenters. The molecule has 0 aliphatic carbocycles. The summed E-state index contributed by atoms with van der Waals surface area (Å²) in [6.45, 7) is 12.4. The zero-order valence-electron chi connectivity index (χ0n) is 19.8. The molecule has 3 rings (SSSR count). The van der Waals surface area contributed by atoms with E-state index in [0.29, 0.717) is 12.5 Å². The molecule has 5 nitrogen and oxygen atoms in total. The summed E-state index contributed by atoms with van der Waals surface area (Å²) in [6, 6.07) is 14.7. The first kappa shape index (κ1) is 23.6. The maximum Gasteiger partial charge on any atom is 0.290 e. The maximum atomic E-state index is 13.2. The first-order valence-electron chi connectivity index (χ1n) is 11.1. The van der Waals surface area contributed by atoms with Gasteiger partial charge in [0, 0.05) is 12.0 Å². The Morgan fingerprint density at radius 2 is 1.78 bits per heavy atom. The second-order valence-corrected chi connectivity index (χ2v) is 9.94. The normalized spacial score (nSPS) is 16.8. The third-order valence-electron chi connectivity index (χ3n) is 5.45. The van der Waals surface area contributed by atoms with E-state index >= 15 is 0 Å². The number of amides is 1. The van der Waals surface area contributed by atoms with Crippen LogP contribution in [0.1, 0.15) is 57.4 Å². The SMILES string of the molecule is Cc1cccc(C2C(C(=O)C(C)(C)C)=C(O)C(=O)N2Cc2ccc(OCC(C)C)cc2)c1. The molecule has 0 saturated heterocycles. The van der Waals surface area contributed by atoms with Crippen LogP contribution in [0.25, 0.3) is 0 Å². The van der Waals surface area contributed by atoms with Crippen molar-refractivity contribution in [3.63, 3.8) is 0 Å². The number of rotatable bonds is 7. The highest BCUT2D eigenvalue weighted by atomic mass is 16.5. The van der Waals surface area contributed by atoms with E-state index in [9.17, 15) is 14.7 Å². The Labute approximate surface area is 190 Å². The highest BCUT2D eigenvalue weighted by Crippen LogP contribution is 2.41. The van der Waals surface area contributed by atoms with Crippen molar-refractivity contribution < 1.29 is 19.4 Å². The van der Waals surface area contributed by atoms with Crippen molar-refractivity contribution in [2.24, 2.45) is 11.3 Å². The number of carbonyl (C=O) groups is 2. The number of ether oxygens (including phenoxy) is 1. The number of hydrogen-bond donors (Lipinski definition) is 1. The Hall–Kier alpha value is -3.08. The largest absolute Gasteiger partial charge is 0.503 e. The topological polar surface area (TPSA) is 66.8 Å². The van der Waals surface area contributed by atoms with Gasteiger partial charge in [0.1, 0.15) is 5.75 Å². The van der Waals surface area contributed by atoms with Gasteiger partial charge in [-0.25, -0.2) is 0 Å². The van der Waals surface area contributed by atoms with Gasteiger partial charge >= 0.3 is 0 Å². The summed E-state index contributed by atoms with van der Waals surface area (Å²) in [6.07, 6.45) is 0. The predicted octanol–water partition coefficient (Wildman–Crippen LogP) is 5.54. The molecule has 32 heavy (non-hydrogen) atoms. The second kappa shape index (κ2) is 9.19. The molecule has 0 bridgehead atoms. The minimum absolute atomic E-state index is 0.171. The summed E-state index contributed by atoms with van der Waals surface area (Å²) >= 11 is 0. The summed E-state index contributed by atoms with van der Waals surface area (Å²) in [7, 11) is 0. The number of Topliss-reactive ketones (excluding diaryl/α,β-unsaturated/α-hetero) is 1. The van der Waals surface area contributed by atoms with Crippen molar-refractivity contribution in [1.29, 1.82) is 0 Å². The maximum absolute atomic E-state index is 13.2. The first-order valence-corrected chi connectivity index (χ1v) is 11.1. The van der Waals surface area contributed by atoms with Gasteiger partial charge in [-0.1, -0.05) is 76.6 Å². The molecular formula is C27H33NO4. The van der Waals surface area contributed by atoms with Crippen LogP contribution in [0.15, 0.2) is 59.9 Å². The van der Waals surface area contributed by atoms with E-state index in [-0.39, 0.29) is 17.9 Å². The summed E-state index contributed by atoms with van der Waals surface area (Å²) in [5.41, 5.74) is 2.18. The number of benzene rings is 2. The van der Waals surface area contributed by atoms with Gasteiger partial charge in [0.05, 0.1) is 18.2 Å². The monoisotopic (exact) mass is 435 g/mol. The number of aliphatic hydroxyl groups is 1. The lowest BCUT2D eigenvalue weighted by atomic mass is 9.82. The Balaban J connectivity index is 1.95. The lowest BCUT2D eigenvalue weighted by Crippen LogP contribution is -2.32. The van der Waals surface area contributed by atoms with Gasteiger partial charge in [-0.05, 0) is 36.1 Å². The molecule has 0 radical (unpaired) electrons. The number of ketones is 1. The van der Waals surface area contributed by atoms with Gasteiger partial charge in [0.25, 0.3) is 5.91 Å². The fourth-order valence-corrected chi connectivity index (χ4v) is 3.79. The zero-order valence-corrected chi connectivity index (χ0v) is 19.8. The minimum atomic E-state index is -0.725. The first-order chi connectivity index (χ1) is 15.0. The van der Waals surface area contributed by atoms with Gasteiger partial charge < -0.3 is 14.7 Å². The van der Waals surface area contributed by atoms with E-state index in [0.717, 1.165) is 22.4 Å². The van der Waals surface area contributed by atoms with Crippen LogP contribution in [0.2, 0.25) is 0 Å². The van der Waals surface area contributed by atoms with E-state index in [2.05, 4.69) is 13.8 Å². The summed E-state index contributed by atoms with van der Waals surface area (Å²) < 4.78 is 5.75. The van der Waals surface area contributed by atoms with Crippen LogP contribution in [0.5, 0.6) is 5.75 Å². The van der Waals surface area contributed by atoms with Crippen molar-refractivity contribution in [3.8, 4) is 5.75 Å². The second-order valence-electron chi connectivity index (χ2n) is 9.94. The van der Waals surface area contributed by atoms with Gasteiger partial charge in [-0.15, -0.1) is 0 Å². The van der Waals surface area contributed by atoms with E-state index in [1.165, 1.54) is 0 Å². The van der Waals surface area contributed by atoms with Crippen molar-refractivity contribution in [1.82, 2.24) is 4.90 Å². The van der Waals surface area contributed by atoms with Crippen LogP contribution in [0.4, 0.5) is 0 Å². The molecule has 1 aliphatic heterocycles. The van der Waals surface area contributed by atoms with Crippen molar-refractivity contribution in [3.05, 3.63) is 76.6 Å². The molecule has 0 fully saturated rings. The highest BCUT2D eigenvalue weighted by molar-refractivity contribution is 6.10. The molecule has 1 N–H and O–H groups in total. The molecule has 0 aromatic heterocycles. The predicted molar refractivity (Wildman–Crippen MR) is 125 cm³/mol. The zero-order chi connectivity index (χ0) is 23.6. The van der Waals surface area contributed by atoms with Crippen LogP contribution in [-0.4, -0.2) is 28.3 Å². The van der Waals surface area contributed by atoms with Crippen molar-refractivity contribution in [2.45, 2.75) is 54.1 Å². The van der Waals surface area contributed by atoms with E-state index < -0.39 is 23.1 Å². The summed E-state index contributed by atoms with van der Waals surface area (Å²) in [4.78, 5) is 27.9. The molecule has 1 unspecified atom stereocenters. The standard InChI is InChI=1S/C27H33NO4/c1-17(2)16-32-21-12-10-19(11-13-21)15-28-23(20-9-7-8-18(3)14-20)22(24(29)26(28)31)25(30)27(4,5)6/h7-14,17,23,29H,15-16H2,1-6H3. The molecular weight excluding hydrogens is 402 g/mol. The third kappa shape index (κ3) is 5.04. The number of nitrogens with zero attached hydrogens (tertiary/aromatic N) is 1. The quantitative estimate of drug-likeness (QED) is 0.620. The molecule has 0 saturated carbocycles. The Morgan fingerprint density at radius 1 is 1.12 bits per heavy atom. The van der Waals surface area contributed by atoms with Crippen molar-refractivity contribution >= 4 is 11.7 Å². The van der Waals surface area contributed by atoms with Crippen LogP contribution in [0.3, 0.4) is 0 Å². The van der Waals surface area contributed by atoms with Gasteiger partial charge in [0.2, 0.25) is 0 Å². The average Bonchev–Trinajstić information content (AvgIpc) is 2.96. The van der Waals surface area contributed by atoms with Gasteiger partial charge in [-0.2, -0.15) is 0 Å². The van der Waals surface area contributed by atoms with Gasteiger partial charge in [-0.3, -0.25) is 9.59 Å². The molecule has 2 aromatic carbocycles. The highest BCUT2D eigenvalue weighted by Gasteiger charge is 2.45. The number of aliphatic hydroxyl groups excluding tert-OH is 1. The Bertz CT molecular complexity index is 1030. The van der Waals surface area contributed by atoms with E-state index in [1.807, 2.05) is 55.5 Å². The molecule has 1 heterocycles. The minimum Gasteiger partial charge on any atom is -0.503 e. The Kier molecular flexibility index (Phi) is 6.77. The smallest absolute Gasteiger partial charge is 0.290 e. The van der Waals surface area contributed by atoms with E-state index in [4.69, 9.17) is 4.74 Å². The lowest BCUT2D eigenvalue weighted by Gasteiger charge is -2.29. The lowest BCUT2D eigenvalue weighted by molar-refractivity contribution is -0.130. The van der Waals surface area contributed by atoms with Crippen LogP contribution in [-0.2, 0) is 16.1 Å². The van der Waals surface area contributed by atoms with Crippen LogP contribution in [0, 0.1) is 18.3 Å². The molecule has 5 heteroatoms. The fraction of sp³-hybridized carbons (Fsp3) is 0.407. The van der Waals surface area contributed by atoms with Gasteiger partial charge in [0.15, 0.2) is 11.5 Å². The van der Waals surface area contributed by atoms with Crippen LogP contribution >= 0.6 is 0 Å². The summed E-state index contributed by atoms with van der Waals surface area (Å²) in [5.74, 6) is 0.00200. The third-order valence-corrected chi connectivity index (χ3v) is 5.45. The molecule has 2 aromatic rings. The molecule has 1 amide bonds. The van der Waals surface area contributed by atoms with Crippen molar-refractivity contribution in [2.75, 3.05) is 6.61 Å². The molecule has 1 aliphatic rings. The Morgan fingerprint density at radius 3 is 2.34 bits per heavy atom. The average molecular weight is 436 g/mol. The molecule has 0 spiro atoms. The number of aryl methyl sites for hydroxylation is 1. The molecule has 170 valence electrons. The van der Waals surface area contributed by atoms with Crippen LogP contribution < -0.4 is 4.74 Å². The van der Waals surface area contributed by atoms with E-state index in [1.54, 1.807) is 25.7 Å². The summed E-state index contributed by atoms with van der Waals surface area (Å²) in [5, 5.41) is 10.8.